The predicted octanol–water partition coefficient (Wildman–Crippen LogP) is 3.15. The number of amides is 2. The maximum absolute atomic E-state index is 12.4. The second kappa shape index (κ2) is 8.19. The number of anilines is 1. The summed E-state index contributed by atoms with van der Waals surface area (Å²) in [6.07, 6.45) is 0. The average Bonchev–Trinajstić information content (AvgIpc) is 2.61. The molecule has 2 rings (SSSR count). The molecule has 25 heavy (non-hydrogen) atoms. The number of hydrogen-bond donors (Lipinski definition) is 2. The molecule has 0 aliphatic carbocycles. The van der Waals surface area contributed by atoms with Gasteiger partial charge in [0, 0.05) is 18.2 Å². The topological polar surface area (TPSA) is 76.7 Å². The van der Waals surface area contributed by atoms with Crippen molar-refractivity contribution in [3.63, 3.8) is 0 Å². The molecular weight excluding hydrogens is 320 g/mol. The summed E-state index contributed by atoms with van der Waals surface area (Å²) < 4.78 is 10.5. The Bertz CT molecular complexity index is 757. The van der Waals surface area contributed by atoms with Gasteiger partial charge in [0.25, 0.3) is 5.91 Å². The van der Waals surface area contributed by atoms with Crippen molar-refractivity contribution in [2.45, 2.75) is 19.9 Å². The SMILES string of the molecule is COc1ccc([C@H](C)NC(=O)c2ccc(NC(C)=O)cc2)cc1OC. The monoisotopic (exact) mass is 342 g/mol. The van der Waals surface area contributed by atoms with Crippen molar-refractivity contribution in [1.82, 2.24) is 5.32 Å². The van der Waals surface area contributed by atoms with Crippen LogP contribution in [0.4, 0.5) is 5.69 Å². The Morgan fingerprint density at radius 3 is 2.16 bits per heavy atom. The fraction of sp³-hybridized carbons (Fsp3) is 0.263. The summed E-state index contributed by atoms with van der Waals surface area (Å²) >= 11 is 0. The first kappa shape index (κ1) is 18.3. The first-order valence-electron chi connectivity index (χ1n) is 7.85. The van der Waals surface area contributed by atoms with Crippen LogP contribution in [0.15, 0.2) is 42.5 Å². The van der Waals surface area contributed by atoms with Crippen molar-refractivity contribution in [3.8, 4) is 11.5 Å². The van der Waals surface area contributed by atoms with Gasteiger partial charge in [-0.15, -0.1) is 0 Å². The van der Waals surface area contributed by atoms with Crippen molar-refractivity contribution in [2.75, 3.05) is 19.5 Å². The van der Waals surface area contributed by atoms with Gasteiger partial charge < -0.3 is 20.1 Å². The van der Waals surface area contributed by atoms with Crippen LogP contribution in [0.25, 0.3) is 0 Å². The van der Waals surface area contributed by atoms with E-state index in [-0.39, 0.29) is 17.9 Å². The fourth-order valence-electron chi connectivity index (χ4n) is 2.39. The van der Waals surface area contributed by atoms with Crippen molar-refractivity contribution < 1.29 is 19.1 Å². The number of benzene rings is 2. The normalized spacial score (nSPS) is 11.4. The van der Waals surface area contributed by atoms with Gasteiger partial charge >= 0.3 is 0 Å². The number of ether oxygens (including phenoxy) is 2. The van der Waals surface area contributed by atoms with Crippen LogP contribution in [0.5, 0.6) is 11.5 Å². The summed E-state index contributed by atoms with van der Waals surface area (Å²) in [4.78, 5) is 23.4. The van der Waals surface area contributed by atoms with E-state index in [1.807, 2.05) is 19.1 Å². The van der Waals surface area contributed by atoms with E-state index in [4.69, 9.17) is 9.47 Å². The lowest BCUT2D eigenvalue weighted by Crippen LogP contribution is -2.26. The molecule has 2 aromatic rings. The molecule has 2 aromatic carbocycles. The van der Waals surface area contributed by atoms with Crippen LogP contribution >= 0.6 is 0 Å². The highest BCUT2D eigenvalue weighted by atomic mass is 16.5. The Balaban J connectivity index is 2.08. The van der Waals surface area contributed by atoms with Crippen molar-refractivity contribution >= 4 is 17.5 Å². The van der Waals surface area contributed by atoms with Crippen LogP contribution in [0, 0.1) is 0 Å². The van der Waals surface area contributed by atoms with E-state index < -0.39 is 0 Å². The zero-order chi connectivity index (χ0) is 18.4. The third-order valence-electron chi connectivity index (χ3n) is 3.72. The Kier molecular flexibility index (Phi) is 6.00. The molecule has 1 atom stereocenters. The molecule has 0 bridgehead atoms. The number of nitrogens with one attached hydrogen (secondary N) is 2. The van der Waals surface area contributed by atoms with Gasteiger partial charge in [-0.1, -0.05) is 6.07 Å². The average molecular weight is 342 g/mol. The highest BCUT2D eigenvalue weighted by Gasteiger charge is 2.14. The van der Waals surface area contributed by atoms with Gasteiger partial charge in [-0.05, 0) is 48.9 Å². The Morgan fingerprint density at radius 2 is 1.60 bits per heavy atom. The number of methoxy groups -OCH3 is 2. The lowest BCUT2D eigenvalue weighted by molar-refractivity contribution is -0.114. The summed E-state index contributed by atoms with van der Waals surface area (Å²) in [5.41, 5.74) is 2.07. The summed E-state index contributed by atoms with van der Waals surface area (Å²) in [6.45, 7) is 3.33. The maximum atomic E-state index is 12.4. The molecule has 6 nitrogen and oxygen atoms in total. The third-order valence-corrected chi connectivity index (χ3v) is 3.72. The molecule has 0 spiro atoms. The van der Waals surface area contributed by atoms with Gasteiger partial charge in [0.1, 0.15) is 0 Å². The van der Waals surface area contributed by atoms with Crippen molar-refractivity contribution in [1.29, 1.82) is 0 Å². The van der Waals surface area contributed by atoms with E-state index in [0.717, 1.165) is 5.56 Å². The number of rotatable bonds is 6. The van der Waals surface area contributed by atoms with Crippen LogP contribution in [-0.4, -0.2) is 26.0 Å². The molecule has 0 unspecified atom stereocenters. The molecule has 0 saturated heterocycles. The molecule has 0 fully saturated rings. The Labute approximate surface area is 147 Å². The smallest absolute Gasteiger partial charge is 0.251 e. The van der Waals surface area contributed by atoms with E-state index in [9.17, 15) is 9.59 Å². The molecule has 0 saturated carbocycles. The zero-order valence-electron chi connectivity index (χ0n) is 14.8. The van der Waals surface area contributed by atoms with Crippen LogP contribution < -0.4 is 20.1 Å². The van der Waals surface area contributed by atoms with E-state index in [1.165, 1.54) is 6.92 Å². The number of carbonyl (C=O) groups excluding carboxylic acids is 2. The van der Waals surface area contributed by atoms with Crippen LogP contribution in [0.1, 0.15) is 35.8 Å². The number of hydrogen-bond acceptors (Lipinski definition) is 4. The van der Waals surface area contributed by atoms with E-state index >= 15 is 0 Å². The maximum Gasteiger partial charge on any atom is 0.251 e. The van der Waals surface area contributed by atoms with Crippen molar-refractivity contribution in [3.05, 3.63) is 53.6 Å². The van der Waals surface area contributed by atoms with Crippen LogP contribution in [-0.2, 0) is 4.79 Å². The van der Waals surface area contributed by atoms with E-state index in [0.29, 0.717) is 22.7 Å². The van der Waals surface area contributed by atoms with Crippen LogP contribution in [0.3, 0.4) is 0 Å². The second-order valence-electron chi connectivity index (χ2n) is 5.57. The standard InChI is InChI=1S/C19H22N2O4/c1-12(15-7-10-17(24-3)18(11-15)25-4)20-19(23)14-5-8-16(9-6-14)21-13(2)22/h5-12H,1-4H3,(H,20,23)(H,21,22)/t12-/m0/s1. The number of carbonyl (C=O) groups is 2. The van der Waals surface area contributed by atoms with Gasteiger partial charge in [0.15, 0.2) is 11.5 Å². The molecular formula is C19H22N2O4. The zero-order valence-corrected chi connectivity index (χ0v) is 14.8. The predicted molar refractivity (Wildman–Crippen MR) is 96.2 cm³/mol. The molecule has 0 heterocycles. The Hall–Kier alpha value is -3.02. The first-order chi connectivity index (χ1) is 11.9. The molecule has 0 radical (unpaired) electrons. The molecule has 2 N–H and O–H groups in total. The molecule has 132 valence electrons. The molecule has 6 heteroatoms. The van der Waals surface area contributed by atoms with Gasteiger partial charge in [0.2, 0.25) is 5.91 Å². The second-order valence-corrected chi connectivity index (χ2v) is 5.57. The van der Waals surface area contributed by atoms with E-state index in [1.54, 1.807) is 44.6 Å². The fourth-order valence-corrected chi connectivity index (χ4v) is 2.39. The molecule has 0 aliphatic rings. The van der Waals surface area contributed by atoms with Crippen LogP contribution in [0.2, 0.25) is 0 Å². The van der Waals surface area contributed by atoms with Gasteiger partial charge in [-0.3, -0.25) is 9.59 Å². The summed E-state index contributed by atoms with van der Waals surface area (Å²) in [6, 6.07) is 12.0. The molecule has 0 aliphatic heterocycles. The van der Waals surface area contributed by atoms with E-state index in [2.05, 4.69) is 10.6 Å². The minimum atomic E-state index is -0.206. The first-order valence-corrected chi connectivity index (χ1v) is 7.85. The highest BCUT2D eigenvalue weighted by Crippen LogP contribution is 2.30. The highest BCUT2D eigenvalue weighted by molar-refractivity contribution is 5.95. The quantitative estimate of drug-likeness (QED) is 0.845. The Morgan fingerprint density at radius 1 is 0.960 bits per heavy atom. The summed E-state index contributed by atoms with van der Waals surface area (Å²) in [5.74, 6) is 0.898. The molecule has 0 aromatic heterocycles. The largest absolute Gasteiger partial charge is 0.493 e. The summed E-state index contributed by atoms with van der Waals surface area (Å²) in [5, 5.41) is 5.60. The lowest BCUT2D eigenvalue weighted by atomic mass is 10.1. The van der Waals surface area contributed by atoms with Gasteiger partial charge in [-0.25, -0.2) is 0 Å². The lowest BCUT2D eigenvalue weighted by Gasteiger charge is -2.16. The third kappa shape index (κ3) is 4.73. The minimum absolute atomic E-state index is 0.153. The summed E-state index contributed by atoms with van der Waals surface area (Å²) in [7, 11) is 3.15. The molecule has 2 amide bonds. The minimum Gasteiger partial charge on any atom is -0.493 e. The van der Waals surface area contributed by atoms with Gasteiger partial charge in [-0.2, -0.15) is 0 Å². The van der Waals surface area contributed by atoms with Crippen molar-refractivity contribution in [2.24, 2.45) is 0 Å². The van der Waals surface area contributed by atoms with Gasteiger partial charge in [0.05, 0.1) is 20.3 Å².